The highest BCUT2D eigenvalue weighted by atomic mass is 16.2. The van der Waals surface area contributed by atoms with Gasteiger partial charge in [0.1, 0.15) is 0 Å². The van der Waals surface area contributed by atoms with E-state index >= 15 is 0 Å². The van der Waals surface area contributed by atoms with Crippen molar-refractivity contribution in [1.29, 1.82) is 5.26 Å². The van der Waals surface area contributed by atoms with E-state index in [1.54, 1.807) is 54.4 Å². The fourth-order valence-corrected chi connectivity index (χ4v) is 2.03. The zero-order chi connectivity index (χ0) is 15.4. The molecular weight excluding hydrogens is 264 g/mol. The fraction of sp³-hybridized carbons (Fsp3) is 0.125. The van der Waals surface area contributed by atoms with Gasteiger partial charge in [0.2, 0.25) is 0 Å². The number of amides is 1. The van der Waals surface area contributed by atoms with Crippen LogP contribution < -0.4 is 16.2 Å². The van der Waals surface area contributed by atoms with Crippen molar-refractivity contribution < 1.29 is 4.79 Å². The number of nitrogen functional groups attached to an aromatic ring is 1. The first-order valence-electron chi connectivity index (χ1n) is 6.42. The van der Waals surface area contributed by atoms with E-state index in [2.05, 4.69) is 11.5 Å². The molecule has 0 saturated carbocycles. The summed E-state index contributed by atoms with van der Waals surface area (Å²) in [5, 5.41) is 8.79. The molecule has 21 heavy (non-hydrogen) atoms. The molecule has 2 aromatic rings. The van der Waals surface area contributed by atoms with Crippen LogP contribution in [-0.4, -0.2) is 13.0 Å². The molecule has 1 amide bonds. The molecule has 0 aromatic heterocycles. The minimum Gasteiger partial charge on any atom is -0.324 e. The Morgan fingerprint density at radius 1 is 1.24 bits per heavy atom. The number of nitrogens with zero attached hydrogens (tertiary/aromatic N) is 2. The summed E-state index contributed by atoms with van der Waals surface area (Å²) in [5.74, 6) is 5.26. The molecule has 0 bridgehead atoms. The Balaban J connectivity index is 2.26. The Hall–Kier alpha value is -2.84. The number of anilines is 2. The van der Waals surface area contributed by atoms with E-state index in [0.29, 0.717) is 11.1 Å². The monoisotopic (exact) mass is 280 g/mol. The Morgan fingerprint density at radius 2 is 1.90 bits per heavy atom. The van der Waals surface area contributed by atoms with Crippen LogP contribution in [0, 0.1) is 18.3 Å². The van der Waals surface area contributed by atoms with Gasteiger partial charge in [-0.05, 0) is 55.0 Å². The van der Waals surface area contributed by atoms with Gasteiger partial charge in [-0.3, -0.25) is 10.6 Å². The number of nitriles is 1. The molecule has 2 rings (SSSR count). The molecule has 106 valence electrons. The molecule has 0 fully saturated rings. The largest absolute Gasteiger partial charge is 0.324 e. The molecule has 3 N–H and O–H groups in total. The van der Waals surface area contributed by atoms with Crippen LogP contribution in [0.3, 0.4) is 0 Å². The Morgan fingerprint density at radius 3 is 2.43 bits per heavy atom. The predicted octanol–water partition coefficient (Wildman–Crippen LogP) is 2.43. The summed E-state index contributed by atoms with van der Waals surface area (Å²) in [4.78, 5) is 14.0. The molecule has 0 unspecified atom stereocenters. The highest BCUT2D eigenvalue weighted by Gasteiger charge is 2.14. The molecule has 2 aromatic carbocycles. The van der Waals surface area contributed by atoms with E-state index in [9.17, 15) is 4.79 Å². The molecule has 0 heterocycles. The third-order valence-electron chi connectivity index (χ3n) is 3.32. The Labute approximate surface area is 123 Å². The topological polar surface area (TPSA) is 82.2 Å². The zero-order valence-electron chi connectivity index (χ0n) is 11.9. The average Bonchev–Trinajstić information content (AvgIpc) is 2.53. The van der Waals surface area contributed by atoms with Crippen molar-refractivity contribution in [3.05, 3.63) is 59.2 Å². The van der Waals surface area contributed by atoms with Gasteiger partial charge in [0, 0.05) is 18.3 Å². The van der Waals surface area contributed by atoms with Crippen LogP contribution >= 0.6 is 0 Å². The number of hydrogen-bond donors (Lipinski definition) is 2. The molecule has 0 atom stereocenters. The number of nitrogens with one attached hydrogen (secondary N) is 1. The maximum absolute atomic E-state index is 12.5. The summed E-state index contributed by atoms with van der Waals surface area (Å²) in [6.07, 6.45) is 0. The minimum atomic E-state index is -0.119. The maximum atomic E-state index is 12.5. The number of hydrogen-bond acceptors (Lipinski definition) is 4. The summed E-state index contributed by atoms with van der Waals surface area (Å²) in [7, 11) is 1.70. The van der Waals surface area contributed by atoms with Crippen molar-refractivity contribution in [2.45, 2.75) is 6.92 Å². The lowest BCUT2D eigenvalue weighted by atomic mass is 10.1. The number of aryl methyl sites for hydroxylation is 1. The first-order valence-corrected chi connectivity index (χ1v) is 6.42. The fourth-order valence-electron chi connectivity index (χ4n) is 2.03. The van der Waals surface area contributed by atoms with Gasteiger partial charge in [-0.2, -0.15) is 5.26 Å². The SMILES string of the molecule is Cc1cc(C(=O)N(C)c2ccc(C#N)cc2)ccc1NN. The van der Waals surface area contributed by atoms with Crippen LogP contribution in [-0.2, 0) is 0 Å². The molecule has 0 aliphatic heterocycles. The standard InChI is InChI=1S/C16H16N4O/c1-11-9-13(5-8-15(11)19-18)16(21)20(2)14-6-3-12(10-17)4-7-14/h3-9,19H,18H2,1-2H3. The van der Waals surface area contributed by atoms with Gasteiger partial charge in [0.25, 0.3) is 5.91 Å². The molecule has 0 aliphatic carbocycles. The molecule has 0 aliphatic rings. The van der Waals surface area contributed by atoms with Crippen LogP contribution in [0.4, 0.5) is 11.4 Å². The number of carbonyl (C=O) groups excluding carboxylic acids is 1. The molecule has 5 heteroatoms. The van der Waals surface area contributed by atoms with Crippen LogP contribution in [0.1, 0.15) is 21.5 Å². The summed E-state index contributed by atoms with van der Waals surface area (Å²) in [6, 6.07) is 14.2. The lowest BCUT2D eigenvalue weighted by Gasteiger charge is -2.18. The number of rotatable bonds is 3. The van der Waals surface area contributed by atoms with E-state index in [0.717, 1.165) is 16.9 Å². The van der Waals surface area contributed by atoms with Crippen LogP contribution in [0.5, 0.6) is 0 Å². The second-order valence-corrected chi connectivity index (χ2v) is 4.70. The van der Waals surface area contributed by atoms with Gasteiger partial charge in [0.15, 0.2) is 0 Å². The second kappa shape index (κ2) is 6.07. The number of hydrazine groups is 1. The summed E-state index contributed by atoms with van der Waals surface area (Å²) in [5.41, 5.74) is 6.14. The normalized spacial score (nSPS) is 9.81. The predicted molar refractivity (Wildman–Crippen MR) is 82.9 cm³/mol. The van der Waals surface area contributed by atoms with Crippen molar-refractivity contribution in [3.63, 3.8) is 0 Å². The summed E-state index contributed by atoms with van der Waals surface area (Å²) < 4.78 is 0. The first-order chi connectivity index (χ1) is 10.1. The van der Waals surface area contributed by atoms with Crippen LogP contribution in [0.15, 0.2) is 42.5 Å². The molecule has 5 nitrogen and oxygen atoms in total. The number of nitrogens with two attached hydrogens (primary N) is 1. The van der Waals surface area contributed by atoms with Gasteiger partial charge in [-0.25, -0.2) is 0 Å². The lowest BCUT2D eigenvalue weighted by Crippen LogP contribution is -2.26. The van der Waals surface area contributed by atoms with Crippen LogP contribution in [0.25, 0.3) is 0 Å². The summed E-state index contributed by atoms with van der Waals surface area (Å²) in [6.45, 7) is 1.88. The van der Waals surface area contributed by atoms with E-state index in [4.69, 9.17) is 11.1 Å². The lowest BCUT2D eigenvalue weighted by molar-refractivity contribution is 0.0993. The van der Waals surface area contributed by atoms with Gasteiger partial charge in [-0.15, -0.1) is 0 Å². The van der Waals surface area contributed by atoms with Crippen molar-refractivity contribution in [1.82, 2.24) is 0 Å². The summed E-state index contributed by atoms with van der Waals surface area (Å²) >= 11 is 0. The Bertz CT molecular complexity index is 701. The molecule has 0 saturated heterocycles. The Kier molecular flexibility index (Phi) is 4.21. The van der Waals surface area contributed by atoms with Gasteiger partial charge >= 0.3 is 0 Å². The maximum Gasteiger partial charge on any atom is 0.258 e. The van der Waals surface area contributed by atoms with E-state index < -0.39 is 0 Å². The molecule has 0 radical (unpaired) electrons. The van der Waals surface area contributed by atoms with Crippen molar-refractivity contribution >= 4 is 17.3 Å². The number of benzene rings is 2. The third-order valence-corrected chi connectivity index (χ3v) is 3.32. The van der Waals surface area contributed by atoms with Crippen molar-refractivity contribution in [3.8, 4) is 6.07 Å². The van der Waals surface area contributed by atoms with Gasteiger partial charge in [0.05, 0.1) is 17.3 Å². The smallest absolute Gasteiger partial charge is 0.258 e. The van der Waals surface area contributed by atoms with Gasteiger partial charge in [-0.1, -0.05) is 0 Å². The second-order valence-electron chi connectivity index (χ2n) is 4.70. The average molecular weight is 280 g/mol. The van der Waals surface area contributed by atoms with Crippen molar-refractivity contribution in [2.24, 2.45) is 5.84 Å². The third kappa shape index (κ3) is 3.02. The molecule has 0 spiro atoms. The van der Waals surface area contributed by atoms with Crippen LogP contribution in [0.2, 0.25) is 0 Å². The van der Waals surface area contributed by atoms with E-state index in [-0.39, 0.29) is 5.91 Å². The number of carbonyl (C=O) groups is 1. The quantitative estimate of drug-likeness (QED) is 0.668. The molecular formula is C16H16N4O. The van der Waals surface area contributed by atoms with Crippen molar-refractivity contribution in [2.75, 3.05) is 17.4 Å². The zero-order valence-corrected chi connectivity index (χ0v) is 11.9. The first kappa shape index (κ1) is 14.6. The van der Waals surface area contributed by atoms with E-state index in [1.165, 1.54) is 0 Å². The highest BCUT2D eigenvalue weighted by molar-refractivity contribution is 6.06. The van der Waals surface area contributed by atoms with Gasteiger partial charge < -0.3 is 10.3 Å². The minimum absolute atomic E-state index is 0.119. The highest BCUT2D eigenvalue weighted by Crippen LogP contribution is 2.19. The van der Waals surface area contributed by atoms with E-state index in [1.807, 2.05) is 6.92 Å².